The molecule has 0 unspecified atom stereocenters. The fraction of sp³-hybridized carbons (Fsp3) is 1.00. The summed E-state index contributed by atoms with van der Waals surface area (Å²) in [6.07, 6.45) is 4.00. The molecule has 1 fully saturated rings. The second-order valence-corrected chi connectivity index (χ2v) is 7.17. The van der Waals surface area contributed by atoms with Crippen molar-refractivity contribution in [3.05, 3.63) is 0 Å². The molecule has 0 aliphatic heterocycles. The third-order valence-corrected chi connectivity index (χ3v) is 3.98. The van der Waals surface area contributed by atoms with Crippen LogP contribution in [0.3, 0.4) is 0 Å². The summed E-state index contributed by atoms with van der Waals surface area (Å²) in [4.78, 5) is 0. The van der Waals surface area contributed by atoms with Crippen molar-refractivity contribution in [3.8, 4) is 0 Å². The number of ether oxygens (including phenoxy) is 1. The van der Waals surface area contributed by atoms with E-state index in [1.807, 2.05) is 13.8 Å². The summed E-state index contributed by atoms with van der Waals surface area (Å²) in [5.74, 6) is -2.57. The average Bonchev–Trinajstić information content (AvgIpc) is 2.94. The molecule has 0 radical (unpaired) electrons. The average molecular weight is 262 g/mol. The van der Waals surface area contributed by atoms with Gasteiger partial charge in [0, 0.05) is 11.8 Å². The minimum atomic E-state index is -2.57. The van der Waals surface area contributed by atoms with Crippen molar-refractivity contribution >= 4 is 0 Å². The second-order valence-electron chi connectivity index (χ2n) is 7.17. The maximum absolute atomic E-state index is 13.8. The SMILES string of the molecule is CC(C)OCC1(CCCC(F)(F)C(C)(C)C)CC1. The quantitative estimate of drug-likeness (QED) is 0.624. The number of hydrogen-bond donors (Lipinski definition) is 0. The van der Waals surface area contributed by atoms with E-state index in [1.165, 1.54) is 0 Å². The molecule has 1 saturated carbocycles. The van der Waals surface area contributed by atoms with Crippen LogP contribution in [-0.2, 0) is 4.74 Å². The Hall–Kier alpha value is -0.180. The molecular weight excluding hydrogens is 234 g/mol. The predicted octanol–water partition coefficient (Wildman–Crippen LogP) is 5.04. The summed E-state index contributed by atoms with van der Waals surface area (Å²) in [5.41, 5.74) is -0.712. The molecular formula is C15H28F2O. The molecule has 0 aromatic rings. The molecule has 1 aliphatic rings. The van der Waals surface area contributed by atoms with Crippen molar-refractivity contribution in [2.45, 2.75) is 78.7 Å². The molecule has 1 rings (SSSR count). The molecule has 0 spiro atoms. The summed E-state index contributed by atoms with van der Waals surface area (Å²) in [6, 6.07) is 0. The van der Waals surface area contributed by atoms with Crippen LogP contribution < -0.4 is 0 Å². The smallest absolute Gasteiger partial charge is 0.252 e. The molecule has 0 atom stereocenters. The van der Waals surface area contributed by atoms with Gasteiger partial charge in [0.25, 0.3) is 5.92 Å². The molecule has 1 nitrogen and oxygen atoms in total. The third-order valence-electron chi connectivity index (χ3n) is 3.98. The fourth-order valence-corrected chi connectivity index (χ4v) is 2.05. The van der Waals surface area contributed by atoms with Gasteiger partial charge in [0.2, 0.25) is 0 Å². The summed E-state index contributed by atoms with van der Waals surface area (Å²) in [7, 11) is 0. The molecule has 0 N–H and O–H groups in total. The molecule has 0 bridgehead atoms. The first-order valence-electron chi connectivity index (χ1n) is 7.07. The summed E-state index contributed by atoms with van der Waals surface area (Å²) < 4.78 is 33.2. The predicted molar refractivity (Wildman–Crippen MR) is 71.0 cm³/mol. The van der Waals surface area contributed by atoms with Gasteiger partial charge in [-0.05, 0) is 44.9 Å². The normalized spacial score (nSPS) is 19.3. The molecule has 0 heterocycles. The Balaban J connectivity index is 2.30. The first-order valence-corrected chi connectivity index (χ1v) is 7.07. The molecule has 108 valence electrons. The Morgan fingerprint density at radius 2 is 1.72 bits per heavy atom. The van der Waals surface area contributed by atoms with Crippen molar-refractivity contribution in [2.24, 2.45) is 10.8 Å². The third kappa shape index (κ3) is 4.49. The van der Waals surface area contributed by atoms with Crippen molar-refractivity contribution in [3.63, 3.8) is 0 Å². The van der Waals surface area contributed by atoms with Crippen LogP contribution in [0.25, 0.3) is 0 Å². The number of halogens is 2. The van der Waals surface area contributed by atoms with E-state index < -0.39 is 11.3 Å². The summed E-state index contributed by atoms with van der Waals surface area (Å²) >= 11 is 0. The zero-order chi connectivity index (χ0) is 14.0. The van der Waals surface area contributed by atoms with Crippen LogP contribution in [0.4, 0.5) is 8.78 Å². The highest BCUT2D eigenvalue weighted by atomic mass is 19.3. The van der Waals surface area contributed by atoms with Crippen LogP contribution in [-0.4, -0.2) is 18.6 Å². The fourth-order valence-electron chi connectivity index (χ4n) is 2.05. The van der Waals surface area contributed by atoms with Gasteiger partial charge in [-0.25, -0.2) is 8.78 Å². The van der Waals surface area contributed by atoms with Gasteiger partial charge in [-0.3, -0.25) is 0 Å². The molecule has 3 heteroatoms. The standard InChI is InChI=1S/C15H28F2O/c1-12(2)18-11-14(9-10-14)7-6-8-15(16,17)13(3,4)5/h12H,6-11H2,1-5H3. The van der Waals surface area contributed by atoms with Crippen molar-refractivity contribution < 1.29 is 13.5 Å². The van der Waals surface area contributed by atoms with Gasteiger partial charge in [0.1, 0.15) is 0 Å². The molecule has 0 aromatic heterocycles. The molecule has 1 aliphatic carbocycles. The van der Waals surface area contributed by atoms with E-state index in [0.717, 1.165) is 25.9 Å². The van der Waals surface area contributed by atoms with Crippen LogP contribution in [0.1, 0.15) is 66.7 Å². The van der Waals surface area contributed by atoms with Crippen molar-refractivity contribution in [1.82, 2.24) is 0 Å². The highest BCUT2D eigenvalue weighted by molar-refractivity contribution is 4.93. The molecule has 0 aromatic carbocycles. The van der Waals surface area contributed by atoms with Gasteiger partial charge in [-0.1, -0.05) is 20.8 Å². The minimum Gasteiger partial charge on any atom is -0.378 e. The minimum absolute atomic E-state index is 0.0000709. The van der Waals surface area contributed by atoms with E-state index >= 15 is 0 Å². The van der Waals surface area contributed by atoms with E-state index in [1.54, 1.807) is 20.8 Å². The van der Waals surface area contributed by atoms with E-state index in [0.29, 0.717) is 6.42 Å². The van der Waals surface area contributed by atoms with Crippen LogP contribution >= 0.6 is 0 Å². The lowest BCUT2D eigenvalue weighted by molar-refractivity contribution is -0.105. The first kappa shape index (κ1) is 15.9. The lowest BCUT2D eigenvalue weighted by atomic mass is 9.84. The van der Waals surface area contributed by atoms with Crippen LogP contribution in [0.15, 0.2) is 0 Å². The van der Waals surface area contributed by atoms with E-state index in [-0.39, 0.29) is 17.9 Å². The number of hydrogen-bond acceptors (Lipinski definition) is 1. The largest absolute Gasteiger partial charge is 0.378 e. The Morgan fingerprint density at radius 3 is 2.11 bits per heavy atom. The topological polar surface area (TPSA) is 9.23 Å². The zero-order valence-electron chi connectivity index (χ0n) is 12.5. The van der Waals surface area contributed by atoms with Gasteiger partial charge in [-0.2, -0.15) is 0 Å². The van der Waals surface area contributed by atoms with Crippen LogP contribution in [0.2, 0.25) is 0 Å². The van der Waals surface area contributed by atoms with Gasteiger partial charge in [-0.15, -0.1) is 0 Å². The molecule has 0 saturated heterocycles. The lowest BCUT2D eigenvalue weighted by Gasteiger charge is -2.31. The summed E-state index contributed by atoms with van der Waals surface area (Å²) in [5, 5.41) is 0. The molecule has 18 heavy (non-hydrogen) atoms. The van der Waals surface area contributed by atoms with Gasteiger partial charge < -0.3 is 4.74 Å². The lowest BCUT2D eigenvalue weighted by Crippen LogP contribution is -2.33. The van der Waals surface area contributed by atoms with E-state index in [2.05, 4.69) is 0 Å². The Morgan fingerprint density at radius 1 is 1.17 bits per heavy atom. The van der Waals surface area contributed by atoms with E-state index in [4.69, 9.17) is 4.74 Å². The van der Waals surface area contributed by atoms with Crippen molar-refractivity contribution in [2.75, 3.05) is 6.61 Å². The number of alkyl halides is 2. The van der Waals surface area contributed by atoms with Crippen LogP contribution in [0.5, 0.6) is 0 Å². The van der Waals surface area contributed by atoms with Gasteiger partial charge >= 0.3 is 0 Å². The monoisotopic (exact) mass is 262 g/mol. The van der Waals surface area contributed by atoms with Crippen LogP contribution in [0, 0.1) is 10.8 Å². The zero-order valence-corrected chi connectivity index (χ0v) is 12.5. The number of rotatable bonds is 7. The highest BCUT2D eigenvalue weighted by Crippen LogP contribution is 2.51. The Labute approximate surface area is 110 Å². The van der Waals surface area contributed by atoms with Crippen molar-refractivity contribution in [1.29, 1.82) is 0 Å². The Bertz CT molecular complexity index is 262. The molecule has 0 amide bonds. The van der Waals surface area contributed by atoms with E-state index in [9.17, 15) is 8.78 Å². The second kappa shape index (κ2) is 5.44. The van der Waals surface area contributed by atoms with Gasteiger partial charge in [0.15, 0.2) is 0 Å². The maximum Gasteiger partial charge on any atom is 0.252 e. The maximum atomic E-state index is 13.8. The Kier molecular flexibility index (Phi) is 4.80. The highest BCUT2D eigenvalue weighted by Gasteiger charge is 2.45. The first-order chi connectivity index (χ1) is 8.08. The van der Waals surface area contributed by atoms with Gasteiger partial charge in [0.05, 0.1) is 12.7 Å². The summed E-state index contributed by atoms with van der Waals surface area (Å²) in [6.45, 7) is 9.62.